The minimum Gasteiger partial charge on any atom is -0.715 e. The molecular formula is C12H13N5O12Y2-4. The Kier molecular flexibility index (Phi) is 20.2. The summed E-state index contributed by atoms with van der Waals surface area (Å²) < 4.78 is 7.68. The van der Waals surface area contributed by atoms with Gasteiger partial charge in [0.2, 0.25) is 0 Å². The Balaban J connectivity index is -0.000000116. The van der Waals surface area contributed by atoms with Gasteiger partial charge in [0.1, 0.15) is 0 Å². The summed E-state index contributed by atoms with van der Waals surface area (Å²) in [5.74, 6) is -12.2. The molecule has 0 aromatic rings. The van der Waals surface area contributed by atoms with E-state index in [1.54, 1.807) is 0 Å². The number of amides is 1. The summed E-state index contributed by atoms with van der Waals surface area (Å²) in [5, 5.41) is 16.8. The van der Waals surface area contributed by atoms with Crippen molar-refractivity contribution in [2.24, 2.45) is 10.8 Å². The molecule has 2 aliphatic rings. The number of carboxylic acid groups (broad SMARTS) is 2. The van der Waals surface area contributed by atoms with Crippen LogP contribution in [0.15, 0.2) is 0 Å². The molecule has 2 rings (SSSR count). The standard InChI is InChI=1S/C6H7NO6.C5O6.CH4N.HN2.H2N.2Y/c1-2(8)6(3(7)9,4(10)11)5(12)13;6-1-5(2(7)10-1)3(8)11-4(5)9;2*1-2;;;/h1H3,(H4,7,9,10,11,12,13);;2H,1H3;1H;1H2;;/q;;3*-1;;/p-1. The zero-order valence-electron chi connectivity index (χ0n) is 15.7. The van der Waals surface area contributed by atoms with Crippen LogP contribution in [0.3, 0.4) is 0 Å². The number of nitrogens with zero attached hydrogens (tertiary/aromatic N) is 1. The Bertz CT molecular complexity index is 646. The van der Waals surface area contributed by atoms with E-state index in [0.717, 1.165) is 0 Å². The topological polar surface area (TPSA) is 323 Å². The quantitative estimate of drug-likeness (QED) is 0.208. The Labute approximate surface area is 222 Å². The van der Waals surface area contributed by atoms with E-state index in [-0.39, 0.29) is 71.6 Å². The molecule has 1 amide bonds. The van der Waals surface area contributed by atoms with Crippen molar-refractivity contribution in [3.05, 3.63) is 23.1 Å². The first-order valence-electron chi connectivity index (χ1n) is 6.37. The fraction of sp³-hybridized carbons (Fsp3) is 0.333. The van der Waals surface area contributed by atoms with Gasteiger partial charge in [-0.05, 0) is 6.92 Å². The average molecular weight is 597 g/mol. The molecule has 0 aliphatic carbocycles. The summed E-state index contributed by atoms with van der Waals surface area (Å²) in [6.07, 6.45) is 0. The zero-order valence-corrected chi connectivity index (χ0v) is 21.3. The van der Waals surface area contributed by atoms with Crippen LogP contribution in [-0.4, -0.2) is 64.8 Å². The number of rotatable bonds is 4. The van der Waals surface area contributed by atoms with Crippen LogP contribution in [0.2, 0.25) is 0 Å². The number of carboxylic acids is 2. The van der Waals surface area contributed by atoms with E-state index in [0.29, 0.717) is 6.92 Å². The van der Waals surface area contributed by atoms with Crippen molar-refractivity contribution in [3.63, 3.8) is 0 Å². The SMILES string of the molecule is CC(=O)C(C([NH-])=O)(C(=O)O)C(=O)O.C[NH-].O=C1OC(=O)C12C(=O)OC2=O.[N-]=N.[NH2-].[Y].[Y]. The smallest absolute Gasteiger partial charge is 0.357 e. The fourth-order valence-corrected chi connectivity index (χ4v) is 1.63. The van der Waals surface area contributed by atoms with Crippen molar-refractivity contribution < 1.29 is 123 Å². The van der Waals surface area contributed by atoms with Crippen molar-refractivity contribution in [1.82, 2.24) is 0 Å². The summed E-state index contributed by atoms with van der Waals surface area (Å²) in [4.78, 5) is 84.0. The van der Waals surface area contributed by atoms with E-state index in [1.165, 1.54) is 7.05 Å². The van der Waals surface area contributed by atoms with Crippen molar-refractivity contribution in [2.45, 2.75) is 6.92 Å². The third-order valence-corrected chi connectivity index (χ3v) is 3.11. The van der Waals surface area contributed by atoms with Crippen LogP contribution in [0, 0.1) is 16.4 Å². The van der Waals surface area contributed by atoms with Gasteiger partial charge in [0.25, 0.3) is 5.41 Å². The maximum atomic E-state index is 10.7. The molecule has 2 heterocycles. The van der Waals surface area contributed by atoms with Crippen LogP contribution in [-0.2, 0) is 113 Å². The number of carbonyl (C=O) groups excluding carboxylic acids is 6. The van der Waals surface area contributed by atoms with Crippen LogP contribution in [0.25, 0.3) is 23.1 Å². The van der Waals surface area contributed by atoms with Crippen molar-refractivity contribution in [1.29, 1.82) is 5.53 Å². The van der Waals surface area contributed by atoms with Gasteiger partial charge in [0, 0.05) is 65.4 Å². The maximum Gasteiger partial charge on any atom is 0.357 e. The summed E-state index contributed by atoms with van der Waals surface area (Å²) in [6, 6.07) is 0. The van der Waals surface area contributed by atoms with Crippen molar-refractivity contribution in [2.75, 3.05) is 7.05 Å². The molecular weight excluding hydrogens is 584 g/mol. The van der Waals surface area contributed by atoms with Gasteiger partial charge in [-0.25, -0.2) is 19.2 Å². The van der Waals surface area contributed by atoms with Crippen molar-refractivity contribution in [3.8, 4) is 0 Å². The van der Waals surface area contributed by atoms with Crippen LogP contribution in [0.4, 0.5) is 0 Å². The second kappa shape index (κ2) is 15.8. The molecule has 7 N–H and O–H groups in total. The Morgan fingerprint density at radius 2 is 1.10 bits per heavy atom. The molecule has 2 fully saturated rings. The fourth-order valence-electron chi connectivity index (χ4n) is 1.63. The molecule has 2 aliphatic heterocycles. The first-order valence-corrected chi connectivity index (χ1v) is 6.37. The van der Waals surface area contributed by atoms with E-state index in [1.807, 2.05) is 0 Å². The van der Waals surface area contributed by atoms with Gasteiger partial charge >= 0.3 is 41.2 Å². The van der Waals surface area contributed by atoms with Crippen LogP contribution in [0.5, 0.6) is 0 Å². The largest absolute Gasteiger partial charge is 0.715 e. The van der Waals surface area contributed by atoms with Crippen molar-refractivity contribution >= 4 is 47.5 Å². The number of ketones is 1. The number of hydrogen-bond acceptors (Lipinski definition) is 11. The Morgan fingerprint density at radius 3 is 1.13 bits per heavy atom. The van der Waals surface area contributed by atoms with E-state index in [9.17, 15) is 38.4 Å². The zero-order chi connectivity index (χ0) is 23.0. The van der Waals surface area contributed by atoms with Gasteiger partial charge in [-0.3, -0.25) is 14.4 Å². The number of cyclic esters (lactones) is 4. The first kappa shape index (κ1) is 39.6. The Morgan fingerprint density at radius 1 is 0.871 bits per heavy atom. The number of hydrogen-bond donors (Lipinski definition) is 3. The van der Waals surface area contributed by atoms with E-state index in [4.69, 9.17) is 32.7 Å². The summed E-state index contributed by atoms with van der Waals surface area (Å²) >= 11 is 0. The molecule has 31 heavy (non-hydrogen) atoms. The normalized spacial score (nSPS) is 13.8. The second-order valence-electron chi connectivity index (χ2n) is 4.35. The third kappa shape index (κ3) is 6.53. The average Bonchev–Trinajstić information content (AvgIpc) is 2.57. The van der Waals surface area contributed by atoms with E-state index < -0.39 is 58.3 Å². The van der Waals surface area contributed by atoms with Gasteiger partial charge in [-0.15, -0.1) is 0 Å². The van der Waals surface area contributed by atoms with Crippen LogP contribution in [0.1, 0.15) is 6.92 Å². The molecule has 0 bridgehead atoms. The van der Waals surface area contributed by atoms with Gasteiger partial charge in [-0.1, -0.05) is 0 Å². The third-order valence-electron chi connectivity index (χ3n) is 3.11. The van der Waals surface area contributed by atoms with Gasteiger partial charge in [0.05, 0.1) is 5.91 Å². The molecule has 0 saturated carbocycles. The van der Waals surface area contributed by atoms with Crippen LogP contribution >= 0.6 is 0 Å². The van der Waals surface area contributed by atoms with Gasteiger partial charge < -0.3 is 53.2 Å². The number of carbonyl (C=O) groups is 8. The number of esters is 4. The molecule has 1 spiro atoms. The number of Topliss-reactive ketones (excluding diaryl/α,β-unsaturated/α-hetero) is 1. The predicted molar refractivity (Wildman–Crippen MR) is 84.0 cm³/mol. The van der Waals surface area contributed by atoms with E-state index in [2.05, 4.69) is 9.47 Å². The van der Waals surface area contributed by atoms with E-state index >= 15 is 0 Å². The summed E-state index contributed by atoms with van der Waals surface area (Å²) in [7, 11) is 1.25. The molecule has 17 nitrogen and oxygen atoms in total. The first-order chi connectivity index (χ1) is 12.9. The number of nitrogens with one attached hydrogen (secondary N) is 3. The monoisotopic (exact) mass is 597 g/mol. The number of aliphatic carboxylic acids is 2. The van der Waals surface area contributed by atoms with Gasteiger partial charge in [-0.2, -0.15) is 7.05 Å². The molecule has 0 aromatic carbocycles. The molecule has 0 aromatic heterocycles. The minimum absolute atomic E-state index is 0. The summed E-state index contributed by atoms with van der Waals surface area (Å²) in [5.41, 5.74) is 17.7. The van der Waals surface area contributed by atoms with Gasteiger partial charge in [0.15, 0.2) is 5.78 Å². The second-order valence-corrected chi connectivity index (χ2v) is 4.35. The molecule has 2 saturated heterocycles. The molecule has 0 unspecified atom stereocenters. The Hall–Kier alpha value is -1.91. The molecule has 2 radical (unpaired) electrons. The van der Waals surface area contributed by atoms with Crippen LogP contribution < -0.4 is 0 Å². The maximum absolute atomic E-state index is 10.7. The molecule has 19 heteroatoms. The summed E-state index contributed by atoms with van der Waals surface area (Å²) in [6.45, 7) is 0.634. The number of ether oxygens (including phenoxy) is 2. The molecule has 168 valence electrons. The number of nitrogens with two attached hydrogens (primary N) is 1. The minimum atomic E-state index is -3.28. The molecule has 0 atom stereocenters. The predicted octanol–water partition coefficient (Wildman–Crippen LogP) is -0.583.